The first-order valence-electron chi connectivity index (χ1n) is 7.22. The molecule has 1 aliphatic carbocycles. The second-order valence-electron chi connectivity index (χ2n) is 6.04. The van der Waals surface area contributed by atoms with Crippen molar-refractivity contribution in [3.63, 3.8) is 0 Å². The standard InChI is InChI=1S/C16H20ClNO2/c1-18(14-5-4-13(17)9-12(14)10-19)11-16-6-2-3-15(16)20-8-7-16/h4-5,9-10,15H,2-3,6-8,11H2,1H3/t15-,16-/m1/s1. The van der Waals surface area contributed by atoms with Crippen LogP contribution in [0, 0.1) is 5.41 Å². The number of benzene rings is 1. The minimum absolute atomic E-state index is 0.272. The van der Waals surface area contributed by atoms with Crippen LogP contribution in [0.15, 0.2) is 18.2 Å². The molecular formula is C16H20ClNO2. The average Bonchev–Trinajstić information content (AvgIpc) is 2.97. The highest BCUT2D eigenvalue weighted by Crippen LogP contribution is 2.48. The van der Waals surface area contributed by atoms with E-state index in [0.29, 0.717) is 16.7 Å². The first-order valence-corrected chi connectivity index (χ1v) is 7.60. The maximum Gasteiger partial charge on any atom is 0.152 e. The zero-order valence-electron chi connectivity index (χ0n) is 11.8. The third kappa shape index (κ3) is 2.33. The van der Waals surface area contributed by atoms with Crippen molar-refractivity contribution >= 4 is 23.6 Å². The number of hydrogen-bond acceptors (Lipinski definition) is 3. The summed E-state index contributed by atoms with van der Waals surface area (Å²) in [6.45, 7) is 1.82. The van der Waals surface area contributed by atoms with E-state index in [0.717, 1.165) is 31.5 Å². The van der Waals surface area contributed by atoms with E-state index >= 15 is 0 Å². The van der Waals surface area contributed by atoms with Crippen molar-refractivity contribution in [3.8, 4) is 0 Å². The number of rotatable bonds is 4. The molecule has 1 aromatic rings. The van der Waals surface area contributed by atoms with Gasteiger partial charge in [0.1, 0.15) is 0 Å². The first kappa shape index (κ1) is 13.9. The van der Waals surface area contributed by atoms with Crippen LogP contribution in [0.1, 0.15) is 36.0 Å². The Morgan fingerprint density at radius 2 is 2.35 bits per heavy atom. The predicted molar refractivity (Wildman–Crippen MR) is 80.8 cm³/mol. The third-order valence-electron chi connectivity index (χ3n) is 4.82. The molecule has 0 aromatic heterocycles. The Labute approximate surface area is 124 Å². The zero-order chi connectivity index (χ0) is 14.2. The first-order chi connectivity index (χ1) is 9.64. The summed E-state index contributed by atoms with van der Waals surface area (Å²) in [4.78, 5) is 13.4. The van der Waals surface area contributed by atoms with Gasteiger partial charge in [-0.15, -0.1) is 0 Å². The molecule has 0 amide bonds. The van der Waals surface area contributed by atoms with Gasteiger partial charge in [0, 0.05) is 41.9 Å². The monoisotopic (exact) mass is 293 g/mol. The molecule has 0 radical (unpaired) electrons. The molecule has 0 spiro atoms. The Morgan fingerprint density at radius 3 is 3.15 bits per heavy atom. The van der Waals surface area contributed by atoms with Crippen LogP contribution < -0.4 is 4.90 Å². The van der Waals surface area contributed by atoms with Gasteiger partial charge < -0.3 is 9.64 Å². The predicted octanol–water partition coefficient (Wildman–Crippen LogP) is 3.55. The summed E-state index contributed by atoms with van der Waals surface area (Å²) in [6.07, 6.45) is 6.07. The number of anilines is 1. The SMILES string of the molecule is CN(C[C@]12CCC[C@H]1OCC2)c1ccc(Cl)cc1C=O. The molecule has 1 aromatic carbocycles. The fraction of sp³-hybridized carbons (Fsp3) is 0.562. The van der Waals surface area contributed by atoms with E-state index < -0.39 is 0 Å². The van der Waals surface area contributed by atoms with Crippen LogP contribution in [0.5, 0.6) is 0 Å². The molecule has 4 heteroatoms. The Morgan fingerprint density at radius 1 is 1.50 bits per heavy atom. The lowest BCUT2D eigenvalue weighted by atomic mass is 9.82. The van der Waals surface area contributed by atoms with Gasteiger partial charge in [-0.1, -0.05) is 18.0 Å². The summed E-state index contributed by atoms with van der Waals surface area (Å²) in [7, 11) is 2.05. The Kier molecular flexibility index (Phi) is 3.74. The fourth-order valence-corrected chi connectivity index (χ4v) is 4.02. The molecule has 3 rings (SSSR count). The molecule has 1 heterocycles. The van der Waals surface area contributed by atoms with Gasteiger partial charge in [0.15, 0.2) is 6.29 Å². The molecule has 0 N–H and O–H groups in total. The molecule has 1 saturated carbocycles. The Bertz CT molecular complexity index is 507. The van der Waals surface area contributed by atoms with E-state index in [-0.39, 0.29) is 5.41 Å². The number of fused-ring (bicyclic) bond motifs is 1. The highest BCUT2D eigenvalue weighted by Gasteiger charge is 2.48. The van der Waals surface area contributed by atoms with Crippen molar-refractivity contribution in [2.24, 2.45) is 5.41 Å². The number of aldehydes is 1. The van der Waals surface area contributed by atoms with E-state index in [1.807, 2.05) is 12.1 Å². The van der Waals surface area contributed by atoms with Crippen LogP contribution in [0.2, 0.25) is 5.02 Å². The minimum Gasteiger partial charge on any atom is -0.378 e. The van der Waals surface area contributed by atoms with E-state index in [1.165, 1.54) is 19.3 Å². The summed E-state index contributed by atoms with van der Waals surface area (Å²) in [5.74, 6) is 0. The Balaban J connectivity index is 1.83. The van der Waals surface area contributed by atoms with Crippen LogP contribution in [0.4, 0.5) is 5.69 Å². The lowest BCUT2D eigenvalue weighted by Crippen LogP contribution is -2.38. The van der Waals surface area contributed by atoms with Crippen LogP contribution in [0.3, 0.4) is 0 Å². The smallest absolute Gasteiger partial charge is 0.152 e. The summed E-state index contributed by atoms with van der Waals surface area (Å²) >= 11 is 5.96. The summed E-state index contributed by atoms with van der Waals surface area (Å²) in [5, 5.41) is 0.602. The Hall–Kier alpha value is -1.06. The van der Waals surface area contributed by atoms with Crippen LogP contribution in [-0.4, -0.2) is 32.6 Å². The maximum absolute atomic E-state index is 11.2. The van der Waals surface area contributed by atoms with Crippen molar-refractivity contribution in [2.45, 2.75) is 31.8 Å². The zero-order valence-corrected chi connectivity index (χ0v) is 12.5. The maximum atomic E-state index is 11.2. The molecule has 2 atom stereocenters. The van der Waals surface area contributed by atoms with Crippen LogP contribution in [0.25, 0.3) is 0 Å². The molecule has 0 bridgehead atoms. The van der Waals surface area contributed by atoms with Gasteiger partial charge in [-0.2, -0.15) is 0 Å². The summed E-state index contributed by atoms with van der Waals surface area (Å²) in [6, 6.07) is 5.51. The van der Waals surface area contributed by atoms with Gasteiger partial charge in [-0.25, -0.2) is 0 Å². The third-order valence-corrected chi connectivity index (χ3v) is 5.06. The lowest BCUT2D eigenvalue weighted by molar-refractivity contribution is 0.0730. The fourth-order valence-electron chi connectivity index (χ4n) is 3.84. The van der Waals surface area contributed by atoms with Crippen molar-refractivity contribution in [1.82, 2.24) is 0 Å². The van der Waals surface area contributed by atoms with Crippen molar-refractivity contribution in [2.75, 3.05) is 25.1 Å². The highest BCUT2D eigenvalue weighted by atomic mass is 35.5. The molecule has 3 nitrogen and oxygen atoms in total. The van der Waals surface area contributed by atoms with Crippen LogP contribution in [-0.2, 0) is 4.74 Å². The number of ether oxygens (including phenoxy) is 1. The van der Waals surface area contributed by atoms with E-state index in [4.69, 9.17) is 16.3 Å². The van der Waals surface area contributed by atoms with Gasteiger partial charge in [0.2, 0.25) is 0 Å². The molecule has 0 unspecified atom stereocenters. The van der Waals surface area contributed by atoms with E-state index in [1.54, 1.807) is 6.07 Å². The number of carbonyl (C=O) groups excluding carboxylic acids is 1. The van der Waals surface area contributed by atoms with Gasteiger partial charge in [-0.3, -0.25) is 4.79 Å². The van der Waals surface area contributed by atoms with Crippen LogP contribution >= 0.6 is 11.6 Å². The lowest BCUT2D eigenvalue weighted by Gasteiger charge is -2.34. The van der Waals surface area contributed by atoms with Gasteiger partial charge in [0.25, 0.3) is 0 Å². The summed E-state index contributed by atoms with van der Waals surface area (Å²) < 4.78 is 5.88. The molecule has 108 valence electrons. The minimum atomic E-state index is 0.272. The average molecular weight is 294 g/mol. The van der Waals surface area contributed by atoms with Gasteiger partial charge >= 0.3 is 0 Å². The van der Waals surface area contributed by atoms with Crippen molar-refractivity contribution in [1.29, 1.82) is 0 Å². The molecule has 2 aliphatic rings. The van der Waals surface area contributed by atoms with Gasteiger partial charge in [-0.05, 0) is 37.5 Å². The molecule has 1 saturated heterocycles. The molecular weight excluding hydrogens is 274 g/mol. The highest BCUT2D eigenvalue weighted by molar-refractivity contribution is 6.31. The number of carbonyl (C=O) groups is 1. The van der Waals surface area contributed by atoms with E-state index in [9.17, 15) is 4.79 Å². The van der Waals surface area contributed by atoms with Crippen molar-refractivity contribution < 1.29 is 9.53 Å². The topological polar surface area (TPSA) is 29.5 Å². The molecule has 1 aliphatic heterocycles. The molecule has 2 fully saturated rings. The molecule has 20 heavy (non-hydrogen) atoms. The summed E-state index contributed by atoms with van der Waals surface area (Å²) in [5.41, 5.74) is 1.88. The second kappa shape index (κ2) is 5.38. The van der Waals surface area contributed by atoms with Crippen molar-refractivity contribution in [3.05, 3.63) is 28.8 Å². The number of hydrogen-bond donors (Lipinski definition) is 0. The normalized spacial score (nSPS) is 28.4. The quantitative estimate of drug-likeness (QED) is 0.795. The van der Waals surface area contributed by atoms with E-state index in [2.05, 4.69) is 11.9 Å². The number of halogens is 1. The largest absolute Gasteiger partial charge is 0.378 e. The van der Waals surface area contributed by atoms with Gasteiger partial charge in [0.05, 0.1) is 6.10 Å². The number of nitrogens with zero attached hydrogens (tertiary/aromatic N) is 1. The second-order valence-corrected chi connectivity index (χ2v) is 6.48.